The zero-order valence-electron chi connectivity index (χ0n) is 13.5. The fourth-order valence-corrected chi connectivity index (χ4v) is 2.75. The fraction of sp³-hybridized carbons (Fsp3) is 0.688. The van der Waals surface area contributed by atoms with Crippen LogP contribution >= 0.6 is 11.6 Å². The van der Waals surface area contributed by atoms with Crippen LogP contribution in [0.3, 0.4) is 0 Å². The van der Waals surface area contributed by atoms with Gasteiger partial charge in [0.15, 0.2) is 5.15 Å². The lowest BCUT2D eigenvalue weighted by Crippen LogP contribution is -2.46. The molecule has 122 valence electrons. The van der Waals surface area contributed by atoms with Gasteiger partial charge in [-0.25, -0.2) is 4.79 Å². The summed E-state index contributed by atoms with van der Waals surface area (Å²) in [7, 11) is 0. The van der Waals surface area contributed by atoms with Gasteiger partial charge in [0.2, 0.25) is 0 Å². The van der Waals surface area contributed by atoms with E-state index in [-0.39, 0.29) is 12.1 Å². The second-order valence-electron chi connectivity index (χ2n) is 6.71. The molecule has 1 aromatic heterocycles. The number of rotatable bonds is 3. The van der Waals surface area contributed by atoms with Crippen molar-refractivity contribution in [2.45, 2.75) is 64.5 Å². The van der Waals surface area contributed by atoms with Gasteiger partial charge in [0, 0.05) is 12.6 Å². The minimum Gasteiger partial charge on any atom is -0.444 e. The van der Waals surface area contributed by atoms with Crippen LogP contribution < -0.4 is 0 Å². The Morgan fingerprint density at radius 2 is 2.14 bits per heavy atom. The summed E-state index contributed by atoms with van der Waals surface area (Å²) in [5.74, 6) is 0. The lowest BCUT2D eigenvalue weighted by atomic mass is 9.97. The number of halogens is 1. The van der Waals surface area contributed by atoms with E-state index in [4.69, 9.17) is 16.3 Å². The number of hydrogen-bond acceptors (Lipinski definition) is 4. The highest BCUT2D eigenvalue weighted by atomic mass is 35.5. The predicted octanol–water partition coefficient (Wildman–Crippen LogP) is 3.85. The van der Waals surface area contributed by atoms with Crippen LogP contribution in [-0.4, -0.2) is 39.4 Å². The molecule has 1 aliphatic heterocycles. The Labute approximate surface area is 137 Å². The van der Waals surface area contributed by atoms with Crippen molar-refractivity contribution in [1.82, 2.24) is 15.1 Å². The third-order valence-corrected chi connectivity index (χ3v) is 3.88. The van der Waals surface area contributed by atoms with Gasteiger partial charge in [-0.3, -0.25) is 0 Å². The molecule has 2 rings (SSSR count). The Kier molecular flexibility index (Phi) is 5.62. The molecule has 0 spiro atoms. The number of aryl methyl sites for hydroxylation is 1. The molecule has 2 heterocycles. The van der Waals surface area contributed by atoms with Crippen LogP contribution in [0.1, 0.15) is 52.1 Å². The monoisotopic (exact) mass is 325 g/mol. The molecule has 0 saturated carbocycles. The standard InChI is InChI=1S/C16H24ClN3O2/c1-16(2,3)22-15(21)20-11-5-4-6-13(20)9-7-12-8-10-14(17)19-18-12/h8,10,13H,4-7,9,11H2,1-3H3/t13-/m1/s1. The Morgan fingerprint density at radius 3 is 2.77 bits per heavy atom. The van der Waals surface area contributed by atoms with Gasteiger partial charge in [-0.15, -0.1) is 5.10 Å². The number of carbonyl (C=O) groups is 1. The van der Waals surface area contributed by atoms with Crippen molar-refractivity contribution in [3.8, 4) is 0 Å². The highest BCUT2D eigenvalue weighted by molar-refractivity contribution is 6.29. The number of ether oxygens (including phenoxy) is 1. The molecular weight excluding hydrogens is 302 g/mol. The van der Waals surface area contributed by atoms with E-state index in [9.17, 15) is 4.79 Å². The van der Waals surface area contributed by atoms with E-state index < -0.39 is 5.60 Å². The maximum atomic E-state index is 12.3. The first-order valence-corrected chi connectivity index (χ1v) is 8.21. The van der Waals surface area contributed by atoms with Crippen molar-refractivity contribution in [3.05, 3.63) is 23.0 Å². The Balaban J connectivity index is 1.94. The summed E-state index contributed by atoms with van der Waals surface area (Å²) < 4.78 is 5.52. The van der Waals surface area contributed by atoms with E-state index >= 15 is 0 Å². The van der Waals surface area contributed by atoms with Crippen LogP contribution in [0, 0.1) is 0 Å². The predicted molar refractivity (Wildman–Crippen MR) is 85.9 cm³/mol. The van der Waals surface area contributed by atoms with Crippen LogP contribution in [0.15, 0.2) is 12.1 Å². The van der Waals surface area contributed by atoms with Crippen molar-refractivity contribution in [1.29, 1.82) is 0 Å². The Bertz CT molecular complexity index is 499. The zero-order valence-corrected chi connectivity index (χ0v) is 14.3. The first-order chi connectivity index (χ1) is 10.3. The maximum Gasteiger partial charge on any atom is 0.410 e. The maximum absolute atomic E-state index is 12.3. The number of likely N-dealkylation sites (tertiary alicyclic amines) is 1. The number of amides is 1. The first kappa shape index (κ1) is 17.0. The van der Waals surface area contributed by atoms with Gasteiger partial charge in [-0.2, -0.15) is 5.10 Å². The first-order valence-electron chi connectivity index (χ1n) is 7.83. The van der Waals surface area contributed by atoms with Crippen LogP contribution in [0.2, 0.25) is 5.15 Å². The highest BCUT2D eigenvalue weighted by Crippen LogP contribution is 2.23. The normalized spacial score (nSPS) is 19.1. The molecule has 0 unspecified atom stereocenters. The summed E-state index contributed by atoms with van der Waals surface area (Å²) in [6.45, 7) is 6.46. The smallest absolute Gasteiger partial charge is 0.410 e. The van der Waals surface area contributed by atoms with Gasteiger partial charge in [-0.1, -0.05) is 11.6 Å². The van der Waals surface area contributed by atoms with Crippen molar-refractivity contribution in [2.24, 2.45) is 0 Å². The van der Waals surface area contributed by atoms with Crippen molar-refractivity contribution in [3.63, 3.8) is 0 Å². The van der Waals surface area contributed by atoms with Crippen LogP contribution in [0.4, 0.5) is 4.79 Å². The molecular formula is C16H24ClN3O2. The van der Waals surface area contributed by atoms with Crippen molar-refractivity contribution >= 4 is 17.7 Å². The molecule has 0 bridgehead atoms. The van der Waals surface area contributed by atoms with E-state index in [1.165, 1.54) is 0 Å². The zero-order chi connectivity index (χ0) is 16.2. The van der Waals surface area contributed by atoms with Gasteiger partial charge in [0.05, 0.1) is 5.69 Å². The van der Waals surface area contributed by atoms with Gasteiger partial charge >= 0.3 is 6.09 Å². The molecule has 0 radical (unpaired) electrons. The molecule has 1 aliphatic rings. The lowest BCUT2D eigenvalue weighted by molar-refractivity contribution is 0.00888. The molecule has 0 N–H and O–H groups in total. The Morgan fingerprint density at radius 1 is 1.36 bits per heavy atom. The summed E-state index contributed by atoms with van der Waals surface area (Å²) in [5.41, 5.74) is 0.444. The van der Waals surface area contributed by atoms with E-state index in [2.05, 4.69) is 10.2 Å². The Hall–Kier alpha value is -1.36. The highest BCUT2D eigenvalue weighted by Gasteiger charge is 2.30. The molecule has 1 aromatic rings. The second kappa shape index (κ2) is 7.27. The third-order valence-electron chi connectivity index (χ3n) is 3.68. The SMILES string of the molecule is CC(C)(C)OC(=O)N1CCCC[C@@H]1CCc1ccc(Cl)nn1. The molecule has 0 aliphatic carbocycles. The van der Waals surface area contributed by atoms with Crippen molar-refractivity contribution < 1.29 is 9.53 Å². The molecule has 0 aromatic carbocycles. The molecule has 1 amide bonds. The van der Waals surface area contributed by atoms with Crippen LogP contribution in [0.25, 0.3) is 0 Å². The molecule has 6 heteroatoms. The topological polar surface area (TPSA) is 55.3 Å². The van der Waals surface area contributed by atoms with Crippen molar-refractivity contribution in [2.75, 3.05) is 6.54 Å². The van der Waals surface area contributed by atoms with E-state index in [1.54, 1.807) is 6.07 Å². The number of piperidine rings is 1. The summed E-state index contributed by atoms with van der Waals surface area (Å²) in [6, 6.07) is 3.84. The van der Waals surface area contributed by atoms with E-state index in [0.29, 0.717) is 5.15 Å². The largest absolute Gasteiger partial charge is 0.444 e. The summed E-state index contributed by atoms with van der Waals surface area (Å²) in [5, 5.41) is 8.33. The number of carbonyl (C=O) groups excluding carboxylic acids is 1. The third kappa shape index (κ3) is 5.13. The molecule has 1 fully saturated rings. The van der Waals surface area contributed by atoms with E-state index in [0.717, 1.165) is 44.3 Å². The quantitative estimate of drug-likeness (QED) is 0.847. The fourth-order valence-electron chi connectivity index (χ4n) is 2.65. The van der Waals surface area contributed by atoms with Gasteiger partial charge in [0.1, 0.15) is 5.60 Å². The number of hydrogen-bond donors (Lipinski definition) is 0. The lowest BCUT2D eigenvalue weighted by Gasteiger charge is -2.36. The van der Waals surface area contributed by atoms with Gasteiger partial charge in [0.25, 0.3) is 0 Å². The molecule has 5 nitrogen and oxygen atoms in total. The average Bonchev–Trinajstić information content (AvgIpc) is 2.45. The van der Waals surface area contributed by atoms with Gasteiger partial charge in [-0.05, 0) is 65.0 Å². The molecule has 1 atom stereocenters. The van der Waals surface area contributed by atoms with Gasteiger partial charge < -0.3 is 9.64 Å². The average molecular weight is 326 g/mol. The summed E-state index contributed by atoms with van der Waals surface area (Å²) >= 11 is 5.74. The van der Waals surface area contributed by atoms with E-state index in [1.807, 2.05) is 31.7 Å². The number of nitrogens with zero attached hydrogens (tertiary/aromatic N) is 3. The summed E-state index contributed by atoms with van der Waals surface area (Å²) in [6.07, 6.45) is 4.65. The van der Waals surface area contributed by atoms with Crippen LogP contribution in [-0.2, 0) is 11.2 Å². The minimum absolute atomic E-state index is 0.209. The molecule has 1 saturated heterocycles. The second-order valence-corrected chi connectivity index (χ2v) is 7.10. The minimum atomic E-state index is -0.458. The van der Waals surface area contributed by atoms with Crippen LogP contribution in [0.5, 0.6) is 0 Å². The molecule has 22 heavy (non-hydrogen) atoms. The number of aromatic nitrogens is 2. The summed E-state index contributed by atoms with van der Waals surface area (Å²) in [4.78, 5) is 14.2.